The molecule has 0 bridgehead atoms. The lowest BCUT2D eigenvalue weighted by Gasteiger charge is -2.47. The quantitative estimate of drug-likeness (QED) is 0.374. The van der Waals surface area contributed by atoms with E-state index in [1.807, 2.05) is 23.1 Å². The maximum Gasteiger partial charge on any atom is 0.253 e. The van der Waals surface area contributed by atoms with Gasteiger partial charge in [-0.15, -0.1) is 0 Å². The van der Waals surface area contributed by atoms with Crippen molar-refractivity contribution in [3.05, 3.63) is 105 Å². The highest BCUT2D eigenvalue weighted by atomic mass is 35.5. The Hall–Kier alpha value is -3.29. The number of nitrogens with zero attached hydrogens (tertiary/aromatic N) is 2. The van der Waals surface area contributed by atoms with Crippen LogP contribution in [0, 0.1) is 17.0 Å². The van der Waals surface area contributed by atoms with Gasteiger partial charge in [0.05, 0.1) is 16.6 Å². The van der Waals surface area contributed by atoms with Crippen molar-refractivity contribution in [1.82, 2.24) is 15.1 Å². The van der Waals surface area contributed by atoms with Gasteiger partial charge in [-0.05, 0) is 98.5 Å². The van der Waals surface area contributed by atoms with Crippen molar-refractivity contribution in [3.8, 4) is 0 Å². The highest BCUT2D eigenvalue weighted by Crippen LogP contribution is 2.42. The Labute approximate surface area is 244 Å². The second-order valence-corrected chi connectivity index (χ2v) is 12.2. The summed E-state index contributed by atoms with van der Waals surface area (Å²) in [6.45, 7) is 3.67. The fourth-order valence-corrected chi connectivity index (χ4v) is 6.93. The fourth-order valence-electron chi connectivity index (χ4n) is 6.71. The molecule has 1 unspecified atom stereocenters. The van der Waals surface area contributed by atoms with E-state index in [1.165, 1.54) is 12.1 Å². The van der Waals surface area contributed by atoms with E-state index in [9.17, 15) is 18.4 Å². The first-order valence-electron chi connectivity index (χ1n) is 14.4. The van der Waals surface area contributed by atoms with Crippen LogP contribution in [0.1, 0.15) is 75.6 Å². The average Bonchev–Trinajstić information content (AvgIpc) is 3.37. The number of likely N-dealkylation sites (tertiary alicyclic amines) is 2. The second-order valence-electron chi connectivity index (χ2n) is 11.8. The molecule has 214 valence electrons. The number of aryl methyl sites for hydroxylation is 1. The number of carbonyl (C=O) groups excluding carboxylic acids is 2. The lowest BCUT2D eigenvalue weighted by atomic mass is 9.71. The van der Waals surface area contributed by atoms with E-state index in [0.29, 0.717) is 28.3 Å². The third-order valence-corrected chi connectivity index (χ3v) is 9.66. The Morgan fingerprint density at radius 3 is 2.39 bits per heavy atom. The fraction of sp³-hybridized carbons (Fsp3) is 0.394. The molecule has 1 aliphatic carbocycles. The predicted octanol–water partition coefficient (Wildman–Crippen LogP) is 6.55. The van der Waals surface area contributed by atoms with Crippen LogP contribution in [0.5, 0.6) is 0 Å². The zero-order valence-electron chi connectivity index (χ0n) is 23.0. The van der Waals surface area contributed by atoms with Crippen LogP contribution in [0.4, 0.5) is 8.78 Å². The number of rotatable bonds is 5. The van der Waals surface area contributed by atoms with Crippen LogP contribution >= 0.6 is 11.6 Å². The third-order valence-electron chi connectivity index (χ3n) is 9.33. The number of fused-ring (bicyclic) bond motifs is 1. The van der Waals surface area contributed by atoms with Crippen molar-refractivity contribution in [2.45, 2.75) is 51.1 Å². The van der Waals surface area contributed by atoms with Gasteiger partial charge in [-0.25, -0.2) is 8.78 Å². The summed E-state index contributed by atoms with van der Waals surface area (Å²) in [4.78, 5) is 30.6. The van der Waals surface area contributed by atoms with E-state index in [0.717, 1.165) is 81.9 Å². The van der Waals surface area contributed by atoms with Gasteiger partial charge in [0.1, 0.15) is 11.6 Å². The highest BCUT2D eigenvalue weighted by Gasteiger charge is 2.39. The zero-order chi connectivity index (χ0) is 28.6. The average molecular weight is 578 g/mol. The number of piperidine rings is 2. The molecule has 5 nitrogen and oxygen atoms in total. The minimum atomic E-state index is -0.551. The molecule has 6 rings (SSSR count). The molecule has 3 aliphatic rings. The summed E-state index contributed by atoms with van der Waals surface area (Å²) in [7, 11) is 0. The number of halogens is 3. The van der Waals surface area contributed by atoms with Crippen molar-refractivity contribution >= 4 is 23.4 Å². The van der Waals surface area contributed by atoms with Crippen LogP contribution in [-0.4, -0.2) is 47.8 Å². The van der Waals surface area contributed by atoms with Crippen molar-refractivity contribution in [2.24, 2.45) is 5.41 Å². The van der Waals surface area contributed by atoms with Crippen molar-refractivity contribution in [3.63, 3.8) is 0 Å². The zero-order valence-corrected chi connectivity index (χ0v) is 23.7. The molecule has 1 spiro atoms. The first kappa shape index (κ1) is 27.9. The SMILES string of the molecule is O=C(NC1CCc2ccc(C(=O)N3CCC4(CCN(Cc5ccc(F)cc5F)CC4)CC3)cc21)c1ccccc1Cl. The van der Waals surface area contributed by atoms with E-state index in [2.05, 4.69) is 10.2 Å². The van der Waals surface area contributed by atoms with Gasteiger partial charge in [0.25, 0.3) is 11.8 Å². The minimum Gasteiger partial charge on any atom is -0.345 e. The second kappa shape index (κ2) is 11.5. The Balaban J connectivity index is 1.05. The molecule has 2 amide bonds. The number of carbonyl (C=O) groups is 2. The summed E-state index contributed by atoms with van der Waals surface area (Å²) in [5.41, 5.74) is 4.02. The summed E-state index contributed by atoms with van der Waals surface area (Å²) in [5, 5.41) is 3.53. The van der Waals surface area contributed by atoms with E-state index in [4.69, 9.17) is 11.6 Å². The lowest BCUT2D eigenvalue weighted by Crippen LogP contribution is -2.48. The largest absolute Gasteiger partial charge is 0.345 e. The molecule has 8 heteroatoms. The molecule has 2 aliphatic heterocycles. The van der Waals surface area contributed by atoms with Crippen LogP contribution in [0.2, 0.25) is 5.02 Å². The molecule has 3 aromatic carbocycles. The molecule has 2 saturated heterocycles. The number of hydrogen-bond donors (Lipinski definition) is 1. The minimum absolute atomic E-state index is 0.0370. The lowest BCUT2D eigenvalue weighted by molar-refractivity contribution is 0.0283. The highest BCUT2D eigenvalue weighted by molar-refractivity contribution is 6.33. The summed E-state index contributed by atoms with van der Waals surface area (Å²) < 4.78 is 27.4. The summed E-state index contributed by atoms with van der Waals surface area (Å²) in [6, 6.07) is 16.6. The van der Waals surface area contributed by atoms with Gasteiger partial charge in [-0.3, -0.25) is 14.5 Å². The molecular formula is C33H34ClF2N3O2. The third kappa shape index (κ3) is 5.88. The van der Waals surface area contributed by atoms with Gasteiger partial charge in [0, 0.05) is 36.8 Å². The monoisotopic (exact) mass is 577 g/mol. The number of nitrogens with one attached hydrogen (secondary N) is 1. The van der Waals surface area contributed by atoms with Crippen molar-refractivity contribution in [2.75, 3.05) is 26.2 Å². The molecule has 3 aromatic rings. The summed E-state index contributed by atoms with van der Waals surface area (Å²) in [6.07, 6.45) is 5.60. The summed E-state index contributed by atoms with van der Waals surface area (Å²) in [5.74, 6) is -1.21. The van der Waals surface area contributed by atoms with Crippen LogP contribution in [0.3, 0.4) is 0 Å². The van der Waals surface area contributed by atoms with Crippen LogP contribution in [-0.2, 0) is 13.0 Å². The molecule has 41 heavy (non-hydrogen) atoms. The van der Waals surface area contributed by atoms with Gasteiger partial charge in [-0.2, -0.15) is 0 Å². The standard InChI is InChI=1S/C33H34ClF2N3O2/c34-28-4-2-1-3-26(28)31(40)37-30-10-8-22-5-6-23(19-27(22)30)32(41)39-17-13-33(14-18-39)11-15-38(16-12-33)21-24-7-9-25(35)20-29(24)36/h1-7,9,19-20,30H,8,10-18,21H2,(H,37,40). The number of benzene rings is 3. The first-order chi connectivity index (χ1) is 19.8. The maximum atomic E-state index is 14.1. The van der Waals surface area contributed by atoms with Crippen LogP contribution < -0.4 is 5.32 Å². The van der Waals surface area contributed by atoms with Gasteiger partial charge in [0.2, 0.25) is 0 Å². The maximum absolute atomic E-state index is 14.1. The van der Waals surface area contributed by atoms with Gasteiger partial charge in [0.15, 0.2) is 0 Å². The molecular weight excluding hydrogens is 544 g/mol. The first-order valence-corrected chi connectivity index (χ1v) is 14.8. The Kier molecular flexibility index (Phi) is 7.84. The summed E-state index contributed by atoms with van der Waals surface area (Å²) >= 11 is 6.22. The topological polar surface area (TPSA) is 52.7 Å². The molecule has 1 atom stereocenters. The van der Waals surface area contributed by atoms with E-state index >= 15 is 0 Å². The van der Waals surface area contributed by atoms with Crippen LogP contribution in [0.15, 0.2) is 60.7 Å². The van der Waals surface area contributed by atoms with Gasteiger partial charge in [-0.1, -0.05) is 35.9 Å². The smallest absolute Gasteiger partial charge is 0.253 e. The van der Waals surface area contributed by atoms with Gasteiger partial charge < -0.3 is 10.2 Å². The Morgan fingerprint density at radius 1 is 0.927 bits per heavy atom. The molecule has 0 radical (unpaired) electrons. The Morgan fingerprint density at radius 2 is 1.66 bits per heavy atom. The molecule has 2 heterocycles. The van der Waals surface area contributed by atoms with Crippen LogP contribution in [0.25, 0.3) is 0 Å². The molecule has 0 saturated carbocycles. The van der Waals surface area contributed by atoms with Crippen molar-refractivity contribution in [1.29, 1.82) is 0 Å². The van der Waals surface area contributed by atoms with E-state index < -0.39 is 11.6 Å². The van der Waals surface area contributed by atoms with Crippen molar-refractivity contribution < 1.29 is 18.4 Å². The predicted molar refractivity (Wildman–Crippen MR) is 155 cm³/mol. The normalized spacial score (nSPS) is 20.2. The number of amides is 2. The molecule has 1 N–H and O–H groups in total. The number of hydrogen-bond acceptors (Lipinski definition) is 3. The molecule has 2 fully saturated rings. The Bertz CT molecular complexity index is 1460. The van der Waals surface area contributed by atoms with Gasteiger partial charge >= 0.3 is 0 Å². The van der Waals surface area contributed by atoms with E-state index in [-0.39, 0.29) is 23.3 Å². The van der Waals surface area contributed by atoms with E-state index in [1.54, 1.807) is 24.3 Å². The molecule has 0 aromatic heterocycles.